The Morgan fingerprint density at radius 1 is 0.529 bits per heavy atom. The summed E-state index contributed by atoms with van der Waals surface area (Å²) in [6.45, 7) is 9.64. The largest absolute Gasteiger partial charge is 0.481 e. The maximum atomic E-state index is 15.9. The minimum atomic E-state index is -2.12. The highest BCUT2D eigenvalue weighted by atomic mass is 16.4. The number of rotatable bonds is 16. The Kier molecular flexibility index (Phi) is 24.6. The second-order valence-electron chi connectivity index (χ2n) is 27.9. The summed E-state index contributed by atoms with van der Waals surface area (Å²) in [4.78, 5) is 217. The Bertz CT molecular complexity index is 3740. The van der Waals surface area contributed by atoms with Crippen LogP contribution in [-0.2, 0) is 82.7 Å². The molecule has 4 saturated heterocycles. The van der Waals surface area contributed by atoms with Crippen LogP contribution in [0.4, 0.5) is 11.4 Å². The number of anilines is 2. The van der Waals surface area contributed by atoms with E-state index in [0.29, 0.717) is 16.9 Å². The normalized spacial score (nSPS) is 29.3. The van der Waals surface area contributed by atoms with Gasteiger partial charge in [0.15, 0.2) is 0 Å². The molecule has 2 aromatic carbocycles. The summed E-state index contributed by atoms with van der Waals surface area (Å²) in [5.74, 6) is -18.1. The molecule has 0 saturated carbocycles. The van der Waals surface area contributed by atoms with Gasteiger partial charge >= 0.3 is 5.97 Å². The molecule has 0 bridgehead atoms. The van der Waals surface area contributed by atoms with Gasteiger partial charge in [0, 0.05) is 28.7 Å². The second-order valence-corrected chi connectivity index (χ2v) is 27.9. The van der Waals surface area contributed by atoms with Crippen molar-refractivity contribution in [2.45, 2.75) is 209 Å². The molecule has 102 heavy (non-hydrogen) atoms. The van der Waals surface area contributed by atoms with Gasteiger partial charge in [-0.25, -0.2) is 0 Å². The van der Waals surface area contributed by atoms with Gasteiger partial charge in [-0.2, -0.15) is 0 Å². The van der Waals surface area contributed by atoms with Crippen molar-refractivity contribution in [3.63, 3.8) is 0 Å². The average molecular weight is 1420 g/mol. The van der Waals surface area contributed by atoms with Crippen LogP contribution in [0.5, 0.6) is 0 Å². The molecule has 4 fully saturated rings. The molecule has 34 nitrogen and oxygen atoms in total. The highest BCUT2D eigenvalue weighted by Crippen LogP contribution is 2.55. The summed E-state index contributed by atoms with van der Waals surface area (Å²) in [6, 6.07) is -3.85. The van der Waals surface area contributed by atoms with E-state index in [1.54, 1.807) is 50.2 Å². The van der Waals surface area contributed by atoms with Crippen molar-refractivity contribution in [3.05, 3.63) is 83.0 Å². The van der Waals surface area contributed by atoms with Gasteiger partial charge in [0.1, 0.15) is 72.7 Å². The van der Waals surface area contributed by atoms with Crippen molar-refractivity contribution in [3.8, 4) is 0 Å². The maximum absolute atomic E-state index is 15.9. The van der Waals surface area contributed by atoms with Crippen LogP contribution in [0.25, 0.3) is 0 Å². The van der Waals surface area contributed by atoms with Crippen molar-refractivity contribution in [2.24, 2.45) is 23.1 Å². The monoisotopic (exact) mass is 1420 g/mol. The van der Waals surface area contributed by atoms with E-state index in [0.717, 1.165) is 26.5 Å². The molecule has 19 N–H and O–H groups in total. The number of carbonyl (C=O) groups excluding carboxylic acids is 14. The number of amides is 14. The van der Waals surface area contributed by atoms with Gasteiger partial charge in [-0.1, -0.05) is 73.5 Å². The number of nitrogens with two attached hydrogens (primary N) is 3. The van der Waals surface area contributed by atoms with Crippen LogP contribution in [-0.4, -0.2) is 217 Å². The second kappa shape index (κ2) is 32.4. The summed E-state index contributed by atoms with van der Waals surface area (Å²) in [5, 5.41) is 58.0. The van der Waals surface area contributed by atoms with E-state index in [-0.39, 0.29) is 57.4 Å². The zero-order valence-electron chi connectivity index (χ0n) is 57.8. The average Bonchev–Trinajstić information content (AvgIpc) is 1.56. The molecule has 552 valence electrons. The van der Waals surface area contributed by atoms with Gasteiger partial charge in [0.05, 0.1) is 44.9 Å². The molecule has 6 aliphatic heterocycles. The number of carbonyl (C=O) groups is 15. The van der Waals surface area contributed by atoms with Crippen LogP contribution < -0.4 is 70.4 Å². The van der Waals surface area contributed by atoms with E-state index in [4.69, 9.17) is 17.2 Å². The maximum Gasteiger partial charge on any atom is 0.305 e. The number of nitrogens with zero attached hydrogens (tertiary/aromatic N) is 3. The summed E-state index contributed by atoms with van der Waals surface area (Å²) >= 11 is 0. The molecule has 2 aromatic rings. The van der Waals surface area contributed by atoms with Gasteiger partial charge in [0.2, 0.25) is 82.7 Å². The number of carboxylic acid groups (broad SMARTS) is 1. The predicted molar refractivity (Wildman–Crippen MR) is 363 cm³/mol. The minimum absolute atomic E-state index is 0.0110. The molecule has 6 aliphatic rings. The Hall–Kier alpha value is -10.5. The number of hydrogen-bond acceptors (Lipinski definition) is 19. The van der Waals surface area contributed by atoms with Gasteiger partial charge in [-0.15, -0.1) is 0 Å². The van der Waals surface area contributed by atoms with Crippen molar-refractivity contribution >= 4 is 100 Å². The van der Waals surface area contributed by atoms with Crippen LogP contribution in [0.2, 0.25) is 0 Å². The Morgan fingerprint density at radius 2 is 0.961 bits per heavy atom. The molecule has 34 heteroatoms. The van der Waals surface area contributed by atoms with Crippen molar-refractivity contribution in [1.82, 2.24) is 57.2 Å². The summed E-state index contributed by atoms with van der Waals surface area (Å²) in [6.07, 6.45) is -4.11. The lowest BCUT2D eigenvalue weighted by Gasteiger charge is -2.37. The standard InChI is InChI=1S/C68H92N16O18/c1-32(2)18-20-67-28-47-61(99)78-45(31-85)59(97)81-54(35(7)86)64(102)82-22-12-17-46(82)63(101)84-48(29-68(21-19-33(3)4)37-14-9-11-16-39(37)80-66(68)84)60(98)76-40(23-34(5)6)56(94)74-41(24-49(69)87)55(93)72-30-52(90)73-43(27-53(91)92)58(96)75-42(25-50(70)88)57(95)77-44(26-51(71)89)62(100)83(47)65(67)79-38-15-10-8-13-36(38)67/h8-11,13-16,18-19,34-35,40-48,54,65-66,79-80,85-86H,12,17,20-31H2,1-7H3,(H2,69,87)(H2,70,88)(H2,71,89)(H,72,93)(H,73,90)(H,74,94)(H,75,96)(H,76,98)(H,77,95)(H,78,99)(H,81,97)(H,91,92)/t35-,40+,41-,42-,43-,44?,45-,46-,47+,48?,54?,65-,66-,67-,68-/m0/s1. The van der Waals surface area contributed by atoms with E-state index in [9.17, 15) is 63.3 Å². The summed E-state index contributed by atoms with van der Waals surface area (Å²) < 4.78 is 0. The van der Waals surface area contributed by atoms with E-state index in [1.807, 2.05) is 52.0 Å². The highest BCUT2D eigenvalue weighted by Gasteiger charge is 2.63. The van der Waals surface area contributed by atoms with Crippen LogP contribution in [0.1, 0.15) is 130 Å². The number of hydrogen-bond donors (Lipinski definition) is 16. The van der Waals surface area contributed by atoms with Crippen LogP contribution >= 0.6 is 0 Å². The third-order valence-corrected chi connectivity index (χ3v) is 19.3. The molecule has 6 heterocycles. The number of allylic oxidation sites excluding steroid dienone is 4. The first-order chi connectivity index (χ1) is 48.1. The number of aliphatic hydroxyl groups is 2. The van der Waals surface area contributed by atoms with Gasteiger partial charge < -0.3 is 100 Å². The first kappa shape index (κ1) is 77.2. The molecule has 15 atom stereocenters. The van der Waals surface area contributed by atoms with E-state index < -0.39 is 217 Å². The first-order valence-corrected chi connectivity index (χ1v) is 33.8. The molecule has 8 rings (SSSR count). The Balaban J connectivity index is 1.22. The van der Waals surface area contributed by atoms with E-state index >= 15 is 24.0 Å². The van der Waals surface area contributed by atoms with Gasteiger partial charge in [0.25, 0.3) is 0 Å². The van der Waals surface area contributed by atoms with Crippen LogP contribution in [0, 0.1) is 5.92 Å². The number of primary amides is 3. The quantitative estimate of drug-likeness (QED) is 0.0720. The molecular weight excluding hydrogens is 1330 g/mol. The van der Waals surface area contributed by atoms with Crippen LogP contribution in [0.3, 0.4) is 0 Å². The SMILES string of the molecule is CC(C)=CC[C@@]12CC3C(=O)N[C@H](CC(C)C)C(=O)N[C@@H](CC(N)=O)C(=O)NCC(=O)N[C@@H](CC(=O)O)C(=O)N[C@@H](CC(N)=O)C(=O)NC(CC(N)=O)C(=O)N4[C@H](C[C@@]5(CC=C(C)C)c6ccccc6N[C@@H]45)C(=O)N[C@@H](CO)C(=O)NC([C@H](C)O)C(=O)N4CCC[C@H]4C(=O)N3[C@@H]1Nc1ccccc12. The third kappa shape index (κ3) is 17.1. The van der Waals surface area contributed by atoms with Gasteiger partial charge in [-0.3, -0.25) is 71.9 Å². The number of aliphatic carboxylic acids is 1. The van der Waals surface area contributed by atoms with Crippen molar-refractivity contribution in [2.75, 3.05) is 30.3 Å². The van der Waals surface area contributed by atoms with E-state index in [2.05, 4.69) is 53.2 Å². The van der Waals surface area contributed by atoms with Gasteiger partial charge in [-0.05, 0) is 109 Å². The summed E-state index contributed by atoms with van der Waals surface area (Å²) in [7, 11) is 0. The number of benzene rings is 2. The first-order valence-electron chi connectivity index (χ1n) is 33.8. The lowest BCUT2D eigenvalue weighted by molar-refractivity contribution is -0.150. The number of nitrogens with one attached hydrogen (secondary N) is 10. The minimum Gasteiger partial charge on any atom is -0.481 e. The summed E-state index contributed by atoms with van der Waals surface area (Å²) in [5.41, 5.74) is 18.8. The zero-order chi connectivity index (χ0) is 75.0. The Morgan fingerprint density at radius 3 is 1.43 bits per heavy atom. The van der Waals surface area contributed by atoms with Crippen molar-refractivity contribution in [1.29, 1.82) is 0 Å². The van der Waals surface area contributed by atoms with Crippen molar-refractivity contribution < 1.29 is 87.2 Å². The number of para-hydroxylation sites is 2. The lowest BCUT2D eigenvalue weighted by atomic mass is 9.75. The third-order valence-electron chi connectivity index (χ3n) is 19.3. The zero-order valence-corrected chi connectivity index (χ0v) is 57.8. The predicted octanol–water partition coefficient (Wildman–Crippen LogP) is -3.69. The molecule has 3 unspecified atom stereocenters. The number of fused-ring (bicyclic) bond motifs is 11. The van der Waals surface area contributed by atoms with E-state index in [1.165, 1.54) is 11.8 Å². The smallest absolute Gasteiger partial charge is 0.305 e. The highest BCUT2D eigenvalue weighted by molar-refractivity contribution is 6.03. The Labute approximate surface area is 587 Å². The number of aliphatic hydroxyl groups excluding tert-OH is 2. The number of carboxylic acids is 1. The molecule has 0 radical (unpaired) electrons. The molecular formula is C68H92N16O18. The fourth-order valence-electron chi connectivity index (χ4n) is 14.5. The lowest BCUT2D eigenvalue weighted by Crippen LogP contribution is -2.63. The topological polar surface area (TPSA) is 525 Å². The molecule has 0 spiro atoms. The fourth-order valence-corrected chi connectivity index (χ4v) is 14.5. The fraction of sp³-hybridized carbons (Fsp3) is 0.544. The van der Waals surface area contributed by atoms with Crippen LogP contribution in [0.15, 0.2) is 71.8 Å². The molecule has 14 amide bonds. The molecule has 0 aliphatic carbocycles. The molecule has 0 aromatic heterocycles.